The molecule has 0 radical (unpaired) electrons. The number of ketones is 1. The third-order valence-electron chi connectivity index (χ3n) is 8.42. The Bertz CT molecular complexity index is 1220. The van der Waals surface area contributed by atoms with Crippen LogP contribution in [-0.4, -0.2) is 36.5 Å². The monoisotopic (exact) mass is 529 g/mol. The van der Waals surface area contributed by atoms with Crippen molar-refractivity contribution in [1.29, 1.82) is 0 Å². The fourth-order valence-electron chi connectivity index (χ4n) is 6.67. The highest BCUT2D eigenvalue weighted by atomic mass is 19.1. The lowest BCUT2D eigenvalue weighted by atomic mass is 9.88. The standard InChI is InChI=1S/C34H40FNO3/c1-3-38-32-20-25(21-33(39-4-2)34(32)26-11-14-28(35)15-12-26)23-36-19-18-30-27(13-17-31(30)36)22-29(37)16-10-24-8-6-5-7-9-24/h5-9,11-12,14-15,20-21,27,30-31H,3-4,10,13,16-19,22-23H2,1-2H3/t27?,30-,31+/m0/s1. The Morgan fingerprint density at radius 3 is 2.26 bits per heavy atom. The summed E-state index contributed by atoms with van der Waals surface area (Å²) in [7, 11) is 0. The molecule has 1 unspecified atom stereocenters. The Hall–Kier alpha value is -3.18. The average Bonchev–Trinajstić information content (AvgIpc) is 3.52. The van der Waals surface area contributed by atoms with E-state index in [2.05, 4.69) is 29.2 Å². The van der Waals surface area contributed by atoms with Crippen LogP contribution in [0.25, 0.3) is 11.1 Å². The molecule has 39 heavy (non-hydrogen) atoms. The van der Waals surface area contributed by atoms with E-state index >= 15 is 0 Å². The first-order valence-electron chi connectivity index (χ1n) is 14.5. The highest BCUT2D eigenvalue weighted by Crippen LogP contribution is 2.45. The Morgan fingerprint density at radius 2 is 1.59 bits per heavy atom. The summed E-state index contributed by atoms with van der Waals surface area (Å²) < 4.78 is 25.8. The molecule has 2 aliphatic rings. The molecule has 3 aromatic carbocycles. The van der Waals surface area contributed by atoms with Gasteiger partial charge in [-0.1, -0.05) is 42.5 Å². The Kier molecular flexibility index (Phi) is 8.98. The van der Waals surface area contributed by atoms with E-state index in [4.69, 9.17) is 9.47 Å². The smallest absolute Gasteiger partial charge is 0.133 e. The third kappa shape index (κ3) is 6.52. The number of benzene rings is 3. The van der Waals surface area contributed by atoms with Crippen LogP contribution in [0.4, 0.5) is 4.39 Å². The van der Waals surface area contributed by atoms with Crippen molar-refractivity contribution in [3.8, 4) is 22.6 Å². The van der Waals surface area contributed by atoms with Gasteiger partial charge in [0.2, 0.25) is 0 Å². The molecule has 5 rings (SSSR count). The summed E-state index contributed by atoms with van der Waals surface area (Å²) in [5.41, 5.74) is 4.16. The molecule has 0 aromatic heterocycles. The number of carbonyl (C=O) groups is 1. The lowest BCUT2D eigenvalue weighted by molar-refractivity contribution is -0.120. The van der Waals surface area contributed by atoms with Crippen molar-refractivity contribution in [2.24, 2.45) is 11.8 Å². The van der Waals surface area contributed by atoms with Crippen LogP contribution < -0.4 is 9.47 Å². The van der Waals surface area contributed by atoms with Crippen LogP contribution in [0.3, 0.4) is 0 Å². The topological polar surface area (TPSA) is 38.8 Å². The number of aryl methyl sites for hydroxylation is 1. The van der Waals surface area contributed by atoms with Crippen LogP contribution in [0.1, 0.15) is 57.1 Å². The first-order chi connectivity index (χ1) is 19.1. The van der Waals surface area contributed by atoms with Crippen LogP contribution in [0.15, 0.2) is 66.7 Å². The normalized spacial score (nSPS) is 20.6. The van der Waals surface area contributed by atoms with Gasteiger partial charge in [-0.05, 0) is 98.9 Å². The predicted molar refractivity (Wildman–Crippen MR) is 154 cm³/mol. The largest absolute Gasteiger partial charge is 0.493 e. The molecule has 0 amide bonds. The van der Waals surface area contributed by atoms with Gasteiger partial charge in [0.15, 0.2) is 0 Å². The van der Waals surface area contributed by atoms with Gasteiger partial charge in [-0.15, -0.1) is 0 Å². The Labute approximate surface area is 232 Å². The molecule has 1 saturated heterocycles. The van der Waals surface area contributed by atoms with Crippen LogP contribution in [0.2, 0.25) is 0 Å². The number of halogens is 1. The molecule has 1 saturated carbocycles. The molecule has 2 fully saturated rings. The zero-order chi connectivity index (χ0) is 27.2. The summed E-state index contributed by atoms with van der Waals surface area (Å²) in [6.45, 7) is 6.92. The van der Waals surface area contributed by atoms with Crippen molar-refractivity contribution in [2.45, 2.75) is 65.0 Å². The van der Waals surface area contributed by atoms with E-state index in [1.807, 2.05) is 32.0 Å². The van der Waals surface area contributed by atoms with Gasteiger partial charge < -0.3 is 9.47 Å². The maximum Gasteiger partial charge on any atom is 0.133 e. The van der Waals surface area contributed by atoms with Crippen molar-refractivity contribution in [1.82, 2.24) is 4.90 Å². The van der Waals surface area contributed by atoms with Crippen LogP contribution >= 0.6 is 0 Å². The highest BCUT2D eigenvalue weighted by Gasteiger charge is 2.43. The van der Waals surface area contributed by atoms with Crippen molar-refractivity contribution in [3.05, 3.63) is 83.7 Å². The van der Waals surface area contributed by atoms with E-state index in [0.717, 1.165) is 73.4 Å². The first kappa shape index (κ1) is 27.4. The number of rotatable bonds is 12. The fourth-order valence-corrected chi connectivity index (χ4v) is 6.67. The molecule has 1 aliphatic carbocycles. The molecule has 4 nitrogen and oxygen atoms in total. The maximum atomic E-state index is 13.6. The van der Waals surface area contributed by atoms with E-state index < -0.39 is 0 Å². The third-order valence-corrected chi connectivity index (χ3v) is 8.42. The van der Waals surface area contributed by atoms with Crippen LogP contribution in [0.5, 0.6) is 11.5 Å². The number of Topliss-reactive ketones (excluding diaryl/α,β-unsaturated/α-hetero) is 1. The molecule has 3 atom stereocenters. The molecule has 3 aromatic rings. The number of carbonyl (C=O) groups excluding carboxylic acids is 1. The van der Waals surface area contributed by atoms with Gasteiger partial charge in [0.05, 0.1) is 18.8 Å². The number of ether oxygens (including phenoxy) is 2. The fraction of sp³-hybridized carbons (Fsp3) is 0.441. The van der Waals surface area contributed by atoms with Gasteiger partial charge in [-0.25, -0.2) is 4.39 Å². The first-order valence-corrected chi connectivity index (χ1v) is 14.5. The summed E-state index contributed by atoms with van der Waals surface area (Å²) in [5.74, 6) is 2.79. The van der Waals surface area contributed by atoms with Gasteiger partial charge in [0.1, 0.15) is 23.1 Å². The second kappa shape index (κ2) is 12.8. The summed E-state index contributed by atoms with van der Waals surface area (Å²) in [6.07, 6.45) is 5.66. The lowest BCUT2D eigenvalue weighted by Gasteiger charge is -2.25. The predicted octanol–water partition coefficient (Wildman–Crippen LogP) is 7.48. The van der Waals surface area contributed by atoms with Crippen molar-refractivity contribution >= 4 is 5.78 Å². The number of hydrogen-bond donors (Lipinski definition) is 0. The van der Waals surface area contributed by atoms with Gasteiger partial charge >= 0.3 is 0 Å². The van der Waals surface area contributed by atoms with E-state index in [-0.39, 0.29) is 5.82 Å². The molecular weight excluding hydrogens is 489 g/mol. The second-order valence-corrected chi connectivity index (χ2v) is 10.9. The molecule has 0 spiro atoms. The number of hydrogen-bond acceptors (Lipinski definition) is 4. The molecule has 5 heteroatoms. The van der Waals surface area contributed by atoms with Crippen molar-refractivity contribution in [3.63, 3.8) is 0 Å². The van der Waals surface area contributed by atoms with Gasteiger partial charge in [0.25, 0.3) is 0 Å². The number of fused-ring (bicyclic) bond motifs is 1. The van der Waals surface area contributed by atoms with Crippen molar-refractivity contribution in [2.75, 3.05) is 19.8 Å². The Morgan fingerprint density at radius 1 is 0.897 bits per heavy atom. The van der Waals surface area contributed by atoms with E-state index in [9.17, 15) is 9.18 Å². The molecule has 0 bridgehead atoms. The van der Waals surface area contributed by atoms with E-state index in [1.165, 1.54) is 17.7 Å². The number of likely N-dealkylation sites (tertiary alicyclic amines) is 1. The van der Waals surface area contributed by atoms with Gasteiger partial charge in [0, 0.05) is 25.4 Å². The zero-order valence-electron chi connectivity index (χ0n) is 23.2. The molecule has 0 N–H and O–H groups in total. The molecular formula is C34H40FNO3. The second-order valence-electron chi connectivity index (χ2n) is 10.9. The SMILES string of the molecule is CCOc1cc(CN2CC[C@H]3C(CC(=O)CCc4ccccc4)CC[C@H]32)cc(OCC)c1-c1ccc(F)cc1. The molecule has 1 heterocycles. The number of nitrogens with zero attached hydrogens (tertiary/aromatic N) is 1. The summed E-state index contributed by atoms with van der Waals surface area (Å²) in [5, 5.41) is 0. The quantitative estimate of drug-likeness (QED) is 0.244. The average molecular weight is 530 g/mol. The minimum atomic E-state index is -0.261. The van der Waals surface area contributed by atoms with E-state index in [1.54, 1.807) is 12.1 Å². The van der Waals surface area contributed by atoms with E-state index in [0.29, 0.717) is 43.3 Å². The lowest BCUT2D eigenvalue weighted by Crippen LogP contribution is -2.30. The van der Waals surface area contributed by atoms with Crippen LogP contribution in [-0.2, 0) is 17.8 Å². The summed E-state index contributed by atoms with van der Waals surface area (Å²) in [6, 6.07) is 21.6. The maximum absolute atomic E-state index is 13.6. The van der Waals surface area contributed by atoms with Crippen molar-refractivity contribution < 1.29 is 18.7 Å². The van der Waals surface area contributed by atoms with Gasteiger partial charge in [-0.2, -0.15) is 0 Å². The highest BCUT2D eigenvalue weighted by molar-refractivity contribution is 5.79. The minimum Gasteiger partial charge on any atom is -0.493 e. The zero-order valence-corrected chi connectivity index (χ0v) is 23.2. The molecule has 206 valence electrons. The van der Waals surface area contributed by atoms with Crippen LogP contribution in [0, 0.1) is 17.7 Å². The summed E-state index contributed by atoms with van der Waals surface area (Å²) in [4.78, 5) is 15.4. The molecule has 1 aliphatic heterocycles. The Balaban J connectivity index is 1.27. The minimum absolute atomic E-state index is 0.261. The summed E-state index contributed by atoms with van der Waals surface area (Å²) >= 11 is 0. The van der Waals surface area contributed by atoms with Gasteiger partial charge in [-0.3, -0.25) is 9.69 Å².